The fourth-order valence-corrected chi connectivity index (χ4v) is 5.68. The van der Waals surface area contributed by atoms with Gasteiger partial charge in [-0.25, -0.2) is 17.9 Å². The third-order valence-corrected chi connectivity index (χ3v) is 7.50. The summed E-state index contributed by atoms with van der Waals surface area (Å²) in [7, 11) is -3.78. The second kappa shape index (κ2) is 9.55. The molecule has 3 aromatic rings. The molecule has 3 aromatic carbocycles. The lowest BCUT2D eigenvalue weighted by atomic mass is 9.87. The summed E-state index contributed by atoms with van der Waals surface area (Å²) in [5, 5.41) is 9.56. The maximum absolute atomic E-state index is 13.2. The highest BCUT2D eigenvalue weighted by atomic mass is 35.5. The number of carboxylic acid groups (broad SMARTS) is 1. The molecule has 0 spiro atoms. The normalized spacial score (nSPS) is 15.6. The van der Waals surface area contributed by atoms with Crippen LogP contribution in [0.5, 0.6) is 5.75 Å². The second-order valence-electron chi connectivity index (χ2n) is 8.06. The number of hydrogen-bond acceptors (Lipinski definition) is 4. The predicted molar refractivity (Wildman–Crippen MR) is 127 cm³/mol. The SMILES string of the molecule is Cc1cc(S(=O)(=O)N[C@@H]2CCCc3c(OCC(=O)O)cccc32)ccc1-c1ccc(Cl)cc1. The van der Waals surface area contributed by atoms with E-state index >= 15 is 0 Å². The highest BCUT2D eigenvalue weighted by Gasteiger charge is 2.28. The lowest BCUT2D eigenvalue weighted by Crippen LogP contribution is -2.31. The Morgan fingerprint density at radius 3 is 2.61 bits per heavy atom. The van der Waals surface area contributed by atoms with Crippen molar-refractivity contribution in [1.29, 1.82) is 0 Å². The maximum Gasteiger partial charge on any atom is 0.341 e. The smallest absolute Gasteiger partial charge is 0.341 e. The highest BCUT2D eigenvalue weighted by Crippen LogP contribution is 2.36. The van der Waals surface area contributed by atoms with Crippen LogP contribution in [0.4, 0.5) is 0 Å². The van der Waals surface area contributed by atoms with Gasteiger partial charge in [0.05, 0.1) is 4.90 Å². The first-order valence-corrected chi connectivity index (χ1v) is 12.5. The molecule has 33 heavy (non-hydrogen) atoms. The molecule has 1 atom stereocenters. The van der Waals surface area contributed by atoms with E-state index in [2.05, 4.69) is 4.72 Å². The monoisotopic (exact) mass is 485 g/mol. The number of rotatable bonds is 7. The van der Waals surface area contributed by atoms with Crippen LogP contribution in [0, 0.1) is 6.92 Å². The average molecular weight is 486 g/mol. The van der Waals surface area contributed by atoms with E-state index in [-0.39, 0.29) is 4.90 Å². The van der Waals surface area contributed by atoms with Crippen LogP contribution in [-0.2, 0) is 21.2 Å². The van der Waals surface area contributed by atoms with Crippen LogP contribution in [0.1, 0.15) is 35.6 Å². The van der Waals surface area contributed by atoms with Gasteiger partial charge in [0, 0.05) is 11.1 Å². The Hall–Kier alpha value is -2.87. The van der Waals surface area contributed by atoms with E-state index in [0.29, 0.717) is 23.6 Å². The number of hydrogen-bond donors (Lipinski definition) is 2. The van der Waals surface area contributed by atoms with Crippen molar-refractivity contribution in [2.24, 2.45) is 0 Å². The molecule has 4 rings (SSSR count). The standard InChI is InChI=1S/C25H24ClNO5S/c1-16-14-19(12-13-20(16)17-8-10-18(26)11-9-17)33(30,31)27-23-6-2-5-22-21(23)4-3-7-24(22)32-15-25(28)29/h3-4,7-14,23,27H,2,5-6,15H2,1H3,(H,28,29)/t23-/m1/s1. The van der Waals surface area contributed by atoms with Crippen LogP contribution < -0.4 is 9.46 Å². The van der Waals surface area contributed by atoms with Crippen molar-refractivity contribution in [1.82, 2.24) is 4.72 Å². The number of carboxylic acids is 1. The molecule has 172 valence electrons. The zero-order chi connectivity index (χ0) is 23.6. The van der Waals surface area contributed by atoms with Crippen molar-refractivity contribution in [2.45, 2.75) is 37.1 Å². The van der Waals surface area contributed by atoms with E-state index in [1.807, 2.05) is 25.1 Å². The molecule has 6 nitrogen and oxygen atoms in total. The Bertz CT molecular complexity index is 1290. The molecule has 8 heteroatoms. The van der Waals surface area contributed by atoms with Gasteiger partial charge in [-0.2, -0.15) is 0 Å². The molecular formula is C25H24ClNO5S. The third-order valence-electron chi connectivity index (χ3n) is 5.78. The minimum absolute atomic E-state index is 0.197. The Labute approximate surface area is 198 Å². The Morgan fingerprint density at radius 2 is 1.91 bits per heavy atom. The number of nitrogens with one attached hydrogen (secondary N) is 1. The molecule has 0 aliphatic heterocycles. The molecule has 0 bridgehead atoms. The lowest BCUT2D eigenvalue weighted by Gasteiger charge is -2.27. The number of aryl methyl sites for hydroxylation is 1. The summed E-state index contributed by atoms with van der Waals surface area (Å²) < 4.78 is 34.7. The zero-order valence-electron chi connectivity index (χ0n) is 18.0. The van der Waals surface area contributed by atoms with Crippen molar-refractivity contribution in [3.63, 3.8) is 0 Å². The summed E-state index contributed by atoms with van der Waals surface area (Å²) in [6, 6.07) is 17.4. The van der Waals surface area contributed by atoms with Crippen LogP contribution in [0.3, 0.4) is 0 Å². The molecule has 0 saturated carbocycles. The van der Waals surface area contributed by atoms with E-state index in [9.17, 15) is 13.2 Å². The number of fused-ring (bicyclic) bond motifs is 1. The number of benzene rings is 3. The van der Waals surface area contributed by atoms with E-state index in [0.717, 1.165) is 34.2 Å². The summed E-state index contributed by atoms with van der Waals surface area (Å²) in [5.74, 6) is -0.569. The Balaban J connectivity index is 1.59. The quantitative estimate of drug-likeness (QED) is 0.483. The van der Waals surface area contributed by atoms with Crippen LogP contribution in [0.15, 0.2) is 65.6 Å². The third kappa shape index (κ3) is 5.21. The molecule has 1 aliphatic rings. The fourth-order valence-electron chi connectivity index (χ4n) is 4.22. The fraction of sp³-hybridized carbons (Fsp3) is 0.240. The second-order valence-corrected chi connectivity index (χ2v) is 10.2. The first-order valence-electron chi connectivity index (χ1n) is 10.6. The van der Waals surface area contributed by atoms with Gasteiger partial charge in [0.25, 0.3) is 0 Å². The first-order chi connectivity index (χ1) is 15.7. The Morgan fingerprint density at radius 1 is 1.15 bits per heavy atom. The van der Waals surface area contributed by atoms with E-state index in [4.69, 9.17) is 21.4 Å². The summed E-state index contributed by atoms with van der Waals surface area (Å²) in [4.78, 5) is 11.1. The van der Waals surface area contributed by atoms with E-state index in [1.165, 1.54) is 0 Å². The molecule has 0 fully saturated rings. The first kappa shape index (κ1) is 23.3. The topological polar surface area (TPSA) is 92.7 Å². The summed E-state index contributed by atoms with van der Waals surface area (Å²) in [5.41, 5.74) is 4.42. The minimum atomic E-state index is -3.78. The molecule has 0 radical (unpaired) electrons. The van der Waals surface area contributed by atoms with Crippen LogP contribution >= 0.6 is 11.6 Å². The largest absolute Gasteiger partial charge is 0.482 e. The van der Waals surface area contributed by atoms with Crippen LogP contribution in [0.25, 0.3) is 11.1 Å². The van der Waals surface area contributed by atoms with Crippen molar-refractivity contribution < 1.29 is 23.1 Å². The van der Waals surface area contributed by atoms with Gasteiger partial charge in [-0.1, -0.05) is 41.9 Å². The molecule has 0 amide bonds. The lowest BCUT2D eigenvalue weighted by molar-refractivity contribution is -0.139. The van der Waals surface area contributed by atoms with Gasteiger partial charge in [0.2, 0.25) is 10.0 Å². The Kier molecular flexibility index (Phi) is 6.74. The van der Waals surface area contributed by atoms with Gasteiger partial charge in [-0.05, 0) is 84.3 Å². The maximum atomic E-state index is 13.2. The summed E-state index contributed by atoms with van der Waals surface area (Å²) in [6.07, 6.45) is 2.12. The van der Waals surface area contributed by atoms with Crippen LogP contribution in [-0.4, -0.2) is 26.1 Å². The van der Waals surface area contributed by atoms with Gasteiger partial charge in [-0.3, -0.25) is 0 Å². The molecule has 0 heterocycles. The van der Waals surface area contributed by atoms with Gasteiger partial charge in [0.15, 0.2) is 6.61 Å². The van der Waals surface area contributed by atoms with Crippen molar-refractivity contribution in [2.75, 3.05) is 6.61 Å². The molecule has 2 N–H and O–H groups in total. The minimum Gasteiger partial charge on any atom is -0.482 e. The van der Waals surface area contributed by atoms with Gasteiger partial charge in [-0.15, -0.1) is 0 Å². The number of ether oxygens (including phenoxy) is 1. The van der Waals surface area contributed by atoms with Crippen molar-refractivity contribution >= 4 is 27.6 Å². The number of halogens is 1. The number of aliphatic carboxylic acids is 1. The number of carbonyl (C=O) groups is 1. The van der Waals surface area contributed by atoms with Crippen LogP contribution in [0.2, 0.25) is 5.02 Å². The zero-order valence-corrected chi connectivity index (χ0v) is 19.6. The molecule has 0 saturated heterocycles. The number of sulfonamides is 1. The van der Waals surface area contributed by atoms with Gasteiger partial charge < -0.3 is 9.84 Å². The van der Waals surface area contributed by atoms with Gasteiger partial charge in [0.1, 0.15) is 5.75 Å². The van der Waals surface area contributed by atoms with Crippen molar-refractivity contribution in [3.05, 3.63) is 82.4 Å². The summed E-state index contributed by atoms with van der Waals surface area (Å²) >= 11 is 5.97. The van der Waals surface area contributed by atoms with Gasteiger partial charge >= 0.3 is 5.97 Å². The summed E-state index contributed by atoms with van der Waals surface area (Å²) in [6.45, 7) is 1.44. The van der Waals surface area contributed by atoms with Crippen molar-refractivity contribution in [3.8, 4) is 16.9 Å². The highest BCUT2D eigenvalue weighted by molar-refractivity contribution is 7.89. The van der Waals surface area contributed by atoms with E-state index in [1.54, 1.807) is 42.5 Å². The average Bonchev–Trinajstić information content (AvgIpc) is 2.78. The van der Waals surface area contributed by atoms with E-state index < -0.39 is 28.6 Å². The molecule has 0 aromatic heterocycles. The molecular weight excluding hydrogens is 462 g/mol. The predicted octanol–water partition coefficient (Wildman–Crippen LogP) is 5.13. The molecule has 0 unspecified atom stereocenters. The molecule has 1 aliphatic carbocycles.